The predicted octanol–water partition coefficient (Wildman–Crippen LogP) is -0.164. The van der Waals surface area contributed by atoms with E-state index in [2.05, 4.69) is 29.4 Å². The molecule has 6 nitrogen and oxygen atoms in total. The quantitative estimate of drug-likeness (QED) is 0.607. The molecule has 0 aromatic rings. The minimum absolute atomic E-state index is 0.00132. The largest absolute Gasteiger partial charge is 0.383 e. The molecule has 0 spiro atoms. The number of carbonyl (C=O) groups excluding carboxylic acids is 1. The molecule has 0 aromatic heterocycles. The monoisotopic (exact) mass is 287 g/mol. The third-order valence-electron chi connectivity index (χ3n) is 3.55. The summed E-state index contributed by atoms with van der Waals surface area (Å²) in [6.07, 6.45) is 0.153. The lowest BCUT2D eigenvalue weighted by atomic mass is 10.2. The van der Waals surface area contributed by atoms with Gasteiger partial charge in [0.1, 0.15) is 0 Å². The molecule has 0 bridgehead atoms. The Labute approximate surface area is 122 Å². The number of methoxy groups -OCH3 is 1. The first-order valence-electron chi connectivity index (χ1n) is 7.40. The normalized spacial score (nSPS) is 21.9. The van der Waals surface area contributed by atoms with Crippen molar-refractivity contribution in [2.24, 2.45) is 0 Å². The van der Waals surface area contributed by atoms with Gasteiger partial charge in [-0.05, 0) is 20.8 Å². The molecule has 118 valence electrons. The third-order valence-corrected chi connectivity index (χ3v) is 3.55. The van der Waals surface area contributed by atoms with Crippen LogP contribution in [-0.2, 0) is 14.3 Å². The highest BCUT2D eigenvalue weighted by Crippen LogP contribution is 2.08. The summed E-state index contributed by atoms with van der Waals surface area (Å²) < 4.78 is 10.6. The average Bonchev–Trinajstić information content (AvgIpc) is 2.45. The molecule has 2 N–H and O–H groups in total. The fourth-order valence-corrected chi connectivity index (χ4v) is 2.16. The van der Waals surface area contributed by atoms with Gasteiger partial charge in [-0.3, -0.25) is 9.69 Å². The summed E-state index contributed by atoms with van der Waals surface area (Å²) in [5.41, 5.74) is 0. The van der Waals surface area contributed by atoms with Gasteiger partial charge in [-0.2, -0.15) is 0 Å². The summed E-state index contributed by atoms with van der Waals surface area (Å²) in [5, 5.41) is 6.05. The van der Waals surface area contributed by atoms with Crippen LogP contribution in [0.1, 0.15) is 20.8 Å². The highest BCUT2D eigenvalue weighted by molar-refractivity contribution is 5.81. The maximum Gasteiger partial charge on any atom is 0.236 e. The molecule has 1 aliphatic heterocycles. The number of amides is 1. The molecule has 1 aliphatic rings. The van der Waals surface area contributed by atoms with Gasteiger partial charge in [0, 0.05) is 39.3 Å². The summed E-state index contributed by atoms with van der Waals surface area (Å²) in [6, 6.07) is 0.320. The predicted molar refractivity (Wildman–Crippen MR) is 78.8 cm³/mol. The molecule has 1 rings (SSSR count). The number of morpholine rings is 1. The maximum atomic E-state index is 11.8. The second kappa shape index (κ2) is 9.28. The van der Waals surface area contributed by atoms with Crippen LogP contribution in [0.2, 0.25) is 0 Å². The Kier molecular flexibility index (Phi) is 8.06. The minimum Gasteiger partial charge on any atom is -0.383 e. The maximum absolute atomic E-state index is 11.8. The minimum atomic E-state index is -0.218. The van der Waals surface area contributed by atoms with Gasteiger partial charge >= 0.3 is 0 Å². The second-order valence-corrected chi connectivity index (χ2v) is 5.50. The van der Waals surface area contributed by atoms with Crippen molar-refractivity contribution in [1.29, 1.82) is 0 Å². The van der Waals surface area contributed by atoms with Gasteiger partial charge in [0.2, 0.25) is 5.91 Å². The zero-order chi connectivity index (χ0) is 15.0. The van der Waals surface area contributed by atoms with Gasteiger partial charge < -0.3 is 20.1 Å². The van der Waals surface area contributed by atoms with E-state index >= 15 is 0 Å². The molecule has 1 amide bonds. The van der Waals surface area contributed by atoms with E-state index in [-0.39, 0.29) is 18.1 Å². The lowest BCUT2D eigenvalue weighted by Crippen LogP contribution is -2.52. The van der Waals surface area contributed by atoms with Gasteiger partial charge in [0.15, 0.2) is 0 Å². The zero-order valence-electron chi connectivity index (χ0n) is 13.1. The summed E-state index contributed by atoms with van der Waals surface area (Å²) >= 11 is 0. The van der Waals surface area contributed by atoms with Crippen molar-refractivity contribution in [1.82, 2.24) is 15.5 Å². The van der Waals surface area contributed by atoms with Crippen LogP contribution >= 0.6 is 0 Å². The Morgan fingerprint density at radius 1 is 1.45 bits per heavy atom. The average molecular weight is 287 g/mol. The van der Waals surface area contributed by atoms with E-state index in [0.29, 0.717) is 25.7 Å². The van der Waals surface area contributed by atoms with Crippen LogP contribution in [0.5, 0.6) is 0 Å². The third kappa shape index (κ3) is 6.17. The van der Waals surface area contributed by atoms with Crippen molar-refractivity contribution in [3.63, 3.8) is 0 Å². The Balaban J connectivity index is 2.22. The topological polar surface area (TPSA) is 62.8 Å². The van der Waals surface area contributed by atoms with Gasteiger partial charge in [0.05, 0.1) is 25.4 Å². The Hall–Kier alpha value is -0.690. The van der Waals surface area contributed by atoms with Crippen LogP contribution in [-0.4, -0.2) is 75.5 Å². The number of hydrogen-bond acceptors (Lipinski definition) is 5. The first-order chi connectivity index (χ1) is 9.54. The van der Waals surface area contributed by atoms with Crippen LogP contribution < -0.4 is 10.6 Å². The summed E-state index contributed by atoms with van der Waals surface area (Å²) in [4.78, 5) is 14.2. The van der Waals surface area contributed by atoms with Crippen molar-refractivity contribution in [2.75, 3.05) is 46.5 Å². The molecule has 1 heterocycles. The fraction of sp³-hybridized carbons (Fsp3) is 0.929. The molecule has 2 unspecified atom stereocenters. The Morgan fingerprint density at radius 2 is 2.20 bits per heavy atom. The number of rotatable bonds is 8. The van der Waals surface area contributed by atoms with Crippen molar-refractivity contribution in [3.05, 3.63) is 0 Å². The lowest BCUT2D eigenvalue weighted by Gasteiger charge is -2.35. The van der Waals surface area contributed by atoms with E-state index in [4.69, 9.17) is 9.47 Å². The van der Waals surface area contributed by atoms with Gasteiger partial charge in [-0.25, -0.2) is 0 Å². The number of hydrogen-bond donors (Lipinski definition) is 2. The summed E-state index contributed by atoms with van der Waals surface area (Å²) in [5.74, 6) is -0.00132. The highest BCUT2D eigenvalue weighted by atomic mass is 16.5. The van der Waals surface area contributed by atoms with E-state index in [1.54, 1.807) is 7.11 Å². The van der Waals surface area contributed by atoms with E-state index < -0.39 is 0 Å². The summed E-state index contributed by atoms with van der Waals surface area (Å²) in [6.45, 7) is 10.7. The number of ether oxygens (including phenoxy) is 2. The molecular weight excluding hydrogens is 258 g/mol. The fourth-order valence-electron chi connectivity index (χ4n) is 2.16. The Bertz CT molecular complexity index is 287. The van der Waals surface area contributed by atoms with Gasteiger partial charge in [-0.1, -0.05) is 0 Å². The molecule has 20 heavy (non-hydrogen) atoms. The molecule has 0 aliphatic carbocycles. The molecule has 1 fully saturated rings. The molecule has 0 saturated carbocycles. The van der Waals surface area contributed by atoms with Crippen molar-refractivity contribution in [3.8, 4) is 0 Å². The van der Waals surface area contributed by atoms with Crippen molar-refractivity contribution in [2.45, 2.75) is 39.0 Å². The van der Waals surface area contributed by atoms with E-state index in [1.807, 2.05) is 6.92 Å². The second-order valence-electron chi connectivity index (χ2n) is 5.50. The Morgan fingerprint density at radius 3 is 2.85 bits per heavy atom. The van der Waals surface area contributed by atoms with E-state index in [9.17, 15) is 4.79 Å². The standard InChI is InChI=1S/C14H29N3O3/c1-11(2)17-6-8-20-13(10-17)9-16-12(3)14(18)15-5-7-19-4/h11-13,16H,5-10H2,1-4H3,(H,15,18). The molecule has 2 atom stereocenters. The summed E-state index contributed by atoms with van der Waals surface area (Å²) in [7, 11) is 1.62. The van der Waals surface area contributed by atoms with Crippen LogP contribution in [0.3, 0.4) is 0 Å². The number of carbonyl (C=O) groups is 1. The van der Waals surface area contributed by atoms with E-state index in [1.165, 1.54) is 0 Å². The first kappa shape index (κ1) is 17.4. The zero-order valence-corrected chi connectivity index (χ0v) is 13.1. The van der Waals surface area contributed by atoms with Crippen LogP contribution in [0.15, 0.2) is 0 Å². The van der Waals surface area contributed by atoms with Crippen LogP contribution in [0, 0.1) is 0 Å². The highest BCUT2D eigenvalue weighted by Gasteiger charge is 2.23. The molecular formula is C14H29N3O3. The van der Waals surface area contributed by atoms with Crippen LogP contribution in [0.4, 0.5) is 0 Å². The van der Waals surface area contributed by atoms with Gasteiger partial charge in [-0.15, -0.1) is 0 Å². The van der Waals surface area contributed by atoms with E-state index in [0.717, 1.165) is 19.7 Å². The van der Waals surface area contributed by atoms with Crippen LogP contribution in [0.25, 0.3) is 0 Å². The first-order valence-corrected chi connectivity index (χ1v) is 7.40. The van der Waals surface area contributed by atoms with Gasteiger partial charge in [0.25, 0.3) is 0 Å². The lowest BCUT2D eigenvalue weighted by molar-refractivity contribution is -0.123. The number of nitrogens with zero attached hydrogens (tertiary/aromatic N) is 1. The van der Waals surface area contributed by atoms with Crippen molar-refractivity contribution < 1.29 is 14.3 Å². The smallest absolute Gasteiger partial charge is 0.236 e. The molecule has 0 radical (unpaired) electrons. The number of nitrogens with one attached hydrogen (secondary N) is 2. The van der Waals surface area contributed by atoms with Crippen molar-refractivity contribution >= 4 is 5.91 Å². The molecule has 1 saturated heterocycles. The molecule has 0 aromatic carbocycles. The molecule has 6 heteroatoms. The SMILES string of the molecule is COCCNC(=O)C(C)NCC1CN(C(C)C)CCO1.